The molecule has 1 saturated heterocycles. The zero-order valence-electron chi connectivity index (χ0n) is 10.2. The highest BCUT2D eigenvalue weighted by atomic mass is 35.5. The van der Waals surface area contributed by atoms with Crippen molar-refractivity contribution in [3.8, 4) is 0 Å². The first-order chi connectivity index (χ1) is 9.34. The molecule has 1 atom stereocenters. The van der Waals surface area contributed by atoms with Gasteiger partial charge in [-0.25, -0.2) is 12.8 Å². The van der Waals surface area contributed by atoms with Crippen molar-refractivity contribution in [1.29, 1.82) is 0 Å². The Morgan fingerprint density at radius 1 is 1.50 bits per heavy atom. The fourth-order valence-electron chi connectivity index (χ4n) is 1.99. The molecule has 1 unspecified atom stereocenters. The average molecular weight is 323 g/mol. The Balaban J connectivity index is 2.45. The SMILES string of the molecule is O=C(O)C1CNCCN1S(=O)(=O)c1ccc(Cl)cc1F. The number of sulfonamides is 1. The van der Waals surface area contributed by atoms with Gasteiger partial charge in [-0.15, -0.1) is 0 Å². The molecular weight excluding hydrogens is 311 g/mol. The first-order valence-electron chi connectivity index (χ1n) is 5.74. The molecule has 1 aromatic rings. The van der Waals surface area contributed by atoms with Crippen molar-refractivity contribution in [2.24, 2.45) is 0 Å². The maximum absolute atomic E-state index is 13.8. The molecule has 0 aliphatic carbocycles. The Morgan fingerprint density at radius 2 is 2.20 bits per heavy atom. The fraction of sp³-hybridized carbons (Fsp3) is 0.364. The minimum atomic E-state index is -4.22. The van der Waals surface area contributed by atoms with Crippen LogP contribution in [0.15, 0.2) is 23.1 Å². The molecule has 0 spiro atoms. The second-order valence-electron chi connectivity index (χ2n) is 4.25. The molecule has 1 aliphatic heterocycles. The van der Waals surface area contributed by atoms with Crippen LogP contribution in [0, 0.1) is 5.82 Å². The van der Waals surface area contributed by atoms with Crippen LogP contribution >= 0.6 is 11.6 Å². The molecule has 1 fully saturated rings. The number of benzene rings is 1. The quantitative estimate of drug-likeness (QED) is 0.847. The topological polar surface area (TPSA) is 86.7 Å². The largest absolute Gasteiger partial charge is 0.480 e. The van der Waals surface area contributed by atoms with Gasteiger partial charge in [-0.3, -0.25) is 4.79 Å². The van der Waals surface area contributed by atoms with Crippen LogP contribution in [-0.4, -0.2) is 49.5 Å². The predicted molar refractivity (Wildman–Crippen MR) is 69.6 cm³/mol. The van der Waals surface area contributed by atoms with Gasteiger partial charge in [0.25, 0.3) is 0 Å². The molecule has 2 N–H and O–H groups in total. The molecule has 2 rings (SSSR count). The molecule has 0 amide bonds. The van der Waals surface area contributed by atoms with Crippen LogP contribution in [0.5, 0.6) is 0 Å². The van der Waals surface area contributed by atoms with Gasteiger partial charge >= 0.3 is 5.97 Å². The first kappa shape index (κ1) is 15.2. The number of rotatable bonds is 3. The summed E-state index contributed by atoms with van der Waals surface area (Å²) in [5.41, 5.74) is 0. The molecule has 0 aromatic heterocycles. The smallest absolute Gasteiger partial charge is 0.323 e. The van der Waals surface area contributed by atoms with Gasteiger partial charge in [0.1, 0.15) is 16.8 Å². The first-order valence-corrected chi connectivity index (χ1v) is 7.56. The van der Waals surface area contributed by atoms with Crippen LogP contribution in [0.25, 0.3) is 0 Å². The van der Waals surface area contributed by atoms with Gasteiger partial charge in [-0.1, -0.05) is 11.6 Å². The molecule has 0 saturated carbocycles. The summed E-state index contributed by atoms with van der Waals surface area (Å²) in [6.07, 6.45) is 0. The number of nitrogens with one attached hydrogen (secondary N) is 1. The van der Waals surface area contributed by atoms with Crippen molar-refractivity contribution in [3.05, 3.63) is 29.0 Å². The molecule has 20 heavy (non-hydrogen) atoms. The Kier molecular flexibility index (Phi) is 4.28. The third kappa shape index (κ3) is 2.78. The number of carbonyl (C=O) groups is 1. The lowest BCUT2D eigenvalue weighted by Gasteiger charge is -2.32. The highest BCUT2D eigenvalue weighted by Gasteiger charge is 2.38. The monoisotopic (exact) mass is 322 g/mol. The van der Waals surface area contributed by atoms with E-state index in [9.17, 15) is 17.6 Å². The molecule has 1 aliphatic rings. The minimum absolute atomic E-state index is 0.0240. The van der Waals surface area contributed by atoms with E-state index in [4.69, 9.17) is 16.7 Å². The van der Waals surface area contributed by atoms with Crippen molar-refractivity contribution in [1.82, 2.24) is 9.62 Å². The van der Waals surface area contributed by atoms with E-state index in [0.717, 1.165) is 16.4 Å². The number of piperazine rings is 1. The number of hydrogen-bond donors (Lipinski definition) is 2. The van der Waals surface area contributed by atoms with Gasteiger partial charge in [-0.05, 0) is 18.2 Å². The number of carboxylic acids is 1. The zero-order chi connectivity index (χ0) is 14.9. The van der Waals surface area contributed by atoms with E-state index in [1.54, 1.807) is 0 Å². The molecule has 6 nitrogen and oxygen atoms in total. The Labute approximate surface area is 120 Å². The molecule has 0 bridgehead atoms. The van der Waals surface area contributed by atoms with E-state index in [1.807, 2.05) is 0 Å². The van der Waals surface area contributed by atoms with Gasteiger partial charge in [0.2, 0.25) is 10.0 Å². The molecule has 1 aromatic carbocycles. The highest BCUT2D eigenvalue weighted by molar-refractivity contribution is 7.89. The van der Waals surface area contributed by atoms with E-state index in [0.29, 0.717) is 6.54 Å². The van der Waals surface area contributed by atoms with Crippen LogP contribution in [-0.2, 0) is 14.8 Å². The van der Waals surface area contributed by atoms with Crippen molar-refractivity contribution in [2.75, 3.05) is 19.6 Å². The third-order valence-electron chi connectivity index (χ3n) is 2.96. The maximum Gasteiger partial charge on any atom is 0.323 e. The summed E-state index contributed by atoms with van der Waals surface area (Å²) in [6, 6.07) is 1.90. The van der Waals surface area contributed by atoms with E-state index in [2.05, 4.69) is 5.32 Å². The Morgan fingerprint density at radius 3 is 2.80 bits per heavy atom. The average Bonchev–Trinajstić information content (AvgIpc) is 2.38. The van der Waals surface area contributed by atoms with Crippen molar-refractivity contribution >= 4 is 27.6 Å². The Bertz CT molecular complexity index is 637. The van der Waals surface area contributed by atoms with E-state index in [-0.39, 0.29) is 18.1 Å². The highest BCUT2D eigenvalue weighted by Crippen LogP contribution is 2.24. The minimum Gasteiger partial charge on any atom is -0.480 e. The van der Waals surface area contributed by atoms with Crippen molar-refractivity contribution in [2.45, 2.75) is 10.9 Å². The van der Waals surface area contributed by atoms with Crippen LogP contribution in [0.4, 0.5) is 4.39 Å². The molecule has 9 heteroatoms. The van der Waals surface area contributed by atoms with Crippen LogP contribution in [0.2, 0.25) is 5.02 Å². The fourth-order valence-corrected chi connectivity index (χ4v) is 3.78. The number of hydrogen-bond acceptors (Lipinski definition) is 4. The lowest BCUT2D eigenvalue weighted by atomic mass is 10.2. The standard InChI is InChI=1S/C11H12ClFN2O4S/c12-7-1-2-10(8(13)5-7)20(18,19)15-4-3-14-6-9(15)11(16)17/h1-2,5,9,14H,3-4,6H2,(H,16,17). The van der Waals surface area contributed by atoms with Gasteiger partial charge in [0.05, 0.1) is 0 Å². The summed E-state index contributed by atoms with van der Waals surface area (Å²) >= 11 is 5.58. The summed E-state index contributed by atoms with van der Waals surface area (Å²) in [6.45, 7) is 0.239. The second-order valence-corrected chi connectivity index (χ2v) is 6.54. The second kappa shape index (κ2) is 5.65. The molecule has 0 radical (unpaired) electrons. The number of carboxylic acid groups (broad SMARTS) is 1. The summed E-state index contributed by atoms with van der Waals surface area (Å²) < 4.78 is 39.3. The lowest BCUT2D eigenvalue weighted by molar-refractivity contribution is -0.141. The summed E-state index contributed by atoms with van der Waals surface area (Å²) in [5.74, 6) is -2.28. The number of aliphatic carboxylic acids is 1. The van der Waals surface area contributed by atoms with Gasteiger partial charge in [0, 0.05) is 24.7 Å². The molecule has 1 heterocycles. The Hall–Kier alpha value is -1.22. The number of nitrogens with zero attached hydrogens (tertiary/aromatic N) is 1. The van der Waals surface area contributed by atoms with Gasteiger partial charge in [0.15, 0.2) is 0 Å². The van der Waals surface area contributed by atoms with Gasteiger partial charge < -0.3 is 10.4 Å². The van der Waals surface area contributed by atoms with Crippen LogP contribution in [0.3, 0.4) is 0 Å². The molecule has 110 valence electrons. The zero-order valence-corrected chi connectivity index (χ0v) is 11.8. The van der Waals surface area contributed by atoms with Crippen LogP contribution < -0.4 is 5.32 Å². The predicted octanol–water partition coefficient (Wildman–Crippen LogP) is 0.526. The third-order valence-corrected chi connectivity index (χ3v) is 5.14. The lowest BCUT2D eigenvalue weighted by Crippen LogP contribution is -2.56. The van der Waals surface area contributed by atoms with E-state index < -0.39 is 32.7 Å². The molecular formula is C11H12ClFN2O4S. The summed E-state index contributed by atoms with van der Waals surface area (Å²) in [4.78, 5) is 10.5. The van der Waals surface area contributed by atoms with E-state index >= 15 is 0 Å². The maximum atomic E-state index is 13.8. The van der Waals surface area contributed by atoms with Crippen molar-refractivity contribution in [3.63, 3.8) is 0 Å². The summed E-state index contributed by atoms with van der Waals surface area (Å²) in [7, 11) is -4.22. The van der Waals surface area contributed by atoms with Crippen LogP contribution in [0.1, 0.15) is 0 Å². The normalized spacial score (nSPS) is 20.8. The van der Waals surface area contributed by atoms with Crippen molar-refractivity contribution < 1.29 is 22.7 Å². The number of halogens is 2. The summed E-state index contributed by atoms with van der Waals surface area (Å²) in [5, 5.41) is 11.9. The van der Waals surface area contributed by atoms with Gasteiger partial charge in [-0.2, -0.15) is 4.31 Å². The van der Waals surface area contributed by atoms with E-state index in [1.165, 1.54) is 6.07 Å².